The molecule has 2 heteroatoms. The molecule has 1 fully saturated rings. The predicted octanol–water partition coefficient (Wildman–Crippen LogP) is 3.49. The standard InChI is InChI=1S/C17H28N2/c1-12-9-13(2)17(14(3)10-12)16(11-18)19(4)15-7-5-6-8-15/h9-10,15-16H,5-8,11,18H2,1-4H3. The summed E-state index contributed by atoms with van der Waals surface area (Å²) < 4.78 is 0. The molecule has 0 amide bonds. The van der Waals surface area contributed by atoms with E-state index in [9.17, 15) is 0 Å². The molecule has 0 aromatic heterocycles. The van der Waals surface area contributed by atoms with Crippen LogP contribution in [0.1, 0.15) is 54.0 Å². The van der Waals surface area contributed by atoms with E-state index in [2.05, 4.69) is 44.9 Å². The zero-order chi connectivity index (χ0) is 14.0. The lowest BCUT2D eigenvalue weighted by atomic mass is 9.92. The number of rotatable bonds is 4. The van der Waals surface area contributed by atoms with E-state index >= 15 is 0 Å². The van der Waals surface area contributed by atoms with Crippen molar-refractivity contribution >= 4 is 0 Å². The Morgan fingerprint density at radius 2 is 1.68 bits per heavy atom. The van der Waals surface area contributed by atoms with E-state index in [0.717, 1.165) is 0 Å². The van der Waals surface area contributed by atoms with E-state index in [1.54, 1.807) is 0 Å². The molecule has 2 nitrogen and oxygen atoms in total. The highest BCUT2D eigenvalue weighted by atomic mass is 15.2. The maximum Gasteiger partial charge on any atom is 0.0475 e. The van der Waals surface area contributed by atoms with Crippen LogP contribution >= 0.6 is 0 Å². The second-order valence-electron chi connectivity index (χ2n) is 6.17. The lowest BCUT2D eigenvalue weighted by Gasteiger charge is -2.34. The summed E-state index contributed by atoms with van der Waals surface area (Å²) in [6, 6.07) is 5.65. The summed E-state index contributed by atoms with van der Waals surface area (Å²) in [6.07, 6.45) is 5.41. The first-order chi connectivity index (χ1) is 9.04. The number of hydrogen-bond donors (Lipinski definition) is 1. The first kappa shape index (κ1) is 14.5. The smallest absolute Gasteiger partial charge is 0.0475 e. The topological polar surface area (TPSA) is 29.3 Å². The highest BCUT2D eigenvalue weighted by Crippen LogP contribution is 2.32. The van der Waals surface area contributed by atoms with Gasteiger partial charge in [0.25, 0.3) is 0 Å². The van der Waals surface area contributed by atoms with Gasteiger partial charge in [-0.25, -0.2) is 0 Å². The molecule has 1 aromatic carbocycles. The van der Waals surface area contributed by atoms with Crippen LogP contribution < -0.4 is 5.73 Å². The van der Waals surface area contributed by atoms with Crippen LogP contribution in [-0.2, 0) is 0 Å². The van der Waals surface area contributed by atoms with E-state index in [4.69, 9.17) is 5.73 Å². The Kier molecular flexibility index (Phi) is 4.64. The van der Waals surface area contributed by atoms with Crippen molar-refractivity contribution in [2.24, 2.45) is 5.73 Å². The third-order valence-corrected chi connectivity index (χ3v) is 4.69. The molecule has 0 saturated heterocycles. The minimum absolute atomic E-state index is 0.365. The minimum Gasteiger partial charge on any atom is -0.329 e. The van der Waals surface area contributed by atoms with Crippen molar-refractivity contribution in [3.63, 3.8) is 0 Å². The molecule has 1 unspecified atom stereocenters. The first-order valence-electron chi connectivity index (χ1n) is 7.54. The van der Waals surface area contributed by atoms with Crippen molar-refractivity contribution in [1.82, 2.24) is 4.90 Å². The molecular weight excluding hydrogens is 232 g/mol. The van der Waals surface area contributed by atoms with Crippen LogP contribution in [0.5, 0.6) is 0 Å². The summed E-state index contributed by atoms with van der Waals surface area (Å²) in [7, 11) is 2.26. The van der Waals surface area contributed by atoms with Crippen molar-refractivity contribution in [2.75, 3.05) is 13.6 Å². The summed E-state index contributed by atoms with van der Waals surface area (Å²) >= 11 is 0. The van der Waals surface area contributed by atoms with Gasteiger partial charge in [-0.15, -0.1) is 0 Å². The summed E-state index contributed by atoms with van der Waals surface area (Å²) in [6.45, 7) is 7.32. The Balaban J connectivity index is 2.31. The van der Waals surface area contributed by atoms with Crippen molar-refractivity contribution < 1.29 is 0 Å². The summed E-state index contributed by atoms with van der Waals surface area (Å²) in [4.78, 5) is 2.53. The van der Waals surface area contributed by atoms with Gasteiger partial charge in [0, 0.05) is 18.6 Å². The first-order valence-corrected chi connectivity index (χ1v) is 7.54. The van der Waals surface area contributed by atoms with Crippen molar-refractivity contribution in [2.45, 2.75) is 58.5 Å². The van der Waals surface area contributed by atoms with Crippen LogP contribution in [0.2, 0.25) is 0 Å². The van der Waals surface area contributed by atoms with E-state index in [1.807, 2.05) is 0 Å². The highest BCUT2D eigenvalue weighted by Gasteiger charge is 2.27. The van der Waals surface area contributed by atoms with E-state index in [-0.39, 0.29) is 0 Å². The average molecular weight is 260 g/mol. The molecule has 1 atom stereocenters. The number of nitrogens with two attached hydrogens (primary N) is 1. The van der Waals surface area contributed by atoms with Gasteiger partial charge in [-0.3, -0.25) is 4.90 Å². The maximum atomic E-state index is 6.11. The average Bonchev–Trinajstić information content (AvgIpc) is 2.86. The number of aryl methyl sites for hydroxylation is 3. The Bertz CT molecular complexity index is 410. The summed E-state index contributed by atoms with van der Waals surface area (Å²) in [5.74, 6) is 0. The van der Waals surface area contributed by atoms with Crippen LogP contribution in [0.4, 0.5) is 0 Å². The van der Waals surface area contributed by atoms with Crippen LogP contribution in [0.25, 0.3) is 0 Å². The molecule has 0 bridgehead atoms. The molecule has 19 heavy (non-hydrogen) atoms. The van der Waals surface area contributed by atoms with Gasteiger partial charge in [0.05, 0.1) is 0 Å². The minimum atomic E-state index is 0.365. The van der Waals surface area contributed by atoms with Gasteiger partial charge in [-0.05, 0) is 57.4 Å². The number of hydrogen-bond acceptors (Lipinski definition) is 2. The molecule has 0 heterocycles. The van der Waals surface area contributed by atoms with E-state index in [1.165, 1.54) is 47.9 Å². The third-order valence-electron chi connectivity index (χ3n) is 4.69. The largest absolute Gasteiger partial charge is 0.329 e. The zero-order valence-electron chi connectivity index (χ0n) is 12.9. The fourth-order valence-corrected chi connectivity index (χ4v) is 3.77. The van der Waals surface area contributed by atoms with Crippen molar-refractivity contribution in [3.8, 4) is 0 Å². The zero-order valence-corrected chi connectivity index (χ0v) is 12.9. The van der Waals surface area contributed by atoms with Gasteiger partial charge >= 0.3 is 0 Å². The van der Waals surface area contributed by atoms with Crippen LogP contribution in [0, 0.1) is 20.8 Å². The lowest BCUT2D eigenvalue weighted by Crippen LogP contribution is -2.37. The fourth-order valence-electron chi connectivity index (χ4n) is 3.77. The van der Waals surface area contributed by atoms with Gasteiger partial charge in [-0.2, -0.15) is 0 Å². The highest BCUT2D eigenvalue weighted by molar-refractivity contribution is 5.40. The van der Waals surface area contributed by atoms with Gasteiger partial charge < -0.3 is 5.73 Å². The quantitative estimate of drug-likeness (QED) is 0.898. The van der Waals surface area contributed by atoms with Gasteiger partial charge in [0.2, 0.25) is 0 Å². The monoisotopic (exact) mass is 260 g/mol. The molecule has 106 valence electrons. The number of benzene rings is 1. The van der Waals surface area contributed by atoms with Gasteiger partial charge in [0.1, 0.15) is 0 Å². The second kappa shape index (κ2) is 6.06. The molecular formula is C17H28N2. The number of likely N-dealkylation sites (N-methyl/N-ethyl adjacent to an activating group) is 1. The number of nitrogens with zero attached hydrogens (tertiary/aromatic N) is 1. The Morgan fingerprint density at radius 1 is 1.16 bits per heavy atom. The van der Waals surface area contributed by atoms with Crippen LogP contribution in [0.15, 0.2) is 12.1 Å². The van der Waals surface area contributed by atoms with Crippen molar-refractivity contribution in [3.05, 3.63) is 34.4 Å². The van der Waals surface area contributed by atoms with Crippen LogP contribution in [-0.4, -0.2) is 24.5 Å². The molecule has 1 saturated carbocycles. The predicted molar refractivity (Wildman–Crippen MR) is 82.5 cm³/mol. The fraction of sp³-hybridized carbons (Fsp3) is 0.647. The van der Waals surface area contributed by atoms with Gasteiger partial charge in [0.15, 0.2) is 0 Å². The summed E-state index contributed by atoms with van der Waals surface area (Å²) in [5, 5.41) is 0. The van der Waals surface area contributed by atoms with E-state index < -0.39 is 0 Å². The maximum absolute atomic E-state index is 6.11. The van der Waals surface area contributed by atoms with Gasteiger partial charge in [-0.1, -0.05) is 30.5 Å². The van der Waals surface area contributed by atoms with E-state index in [0.29, 0.717) is 18.6 Å². The third kappa shape index (κ3) is 3.01. The Labute approximate surface area is 118 Å². The molecule has 0 radical (unpaired) electrons. The van der Waals surface area contributed by atoms with Crippen molar-refractivity contribution in [1.29, 1.82) is 0 Å². The summed E-state index contributed by atoms with van der Waals surface area (Å²) in [5.41, 5.74) is 11.7. The molecule has 1 aliphatic rings. The van der Waals surface area contributed by atoms with Crippen LogP contribution in [0.3, 0.4) is 0 Å². The Morgan fingerprint density at radius 3 is 2.16 bits per heavy atom. The molecule has 1 aliphatic carbocycles. The molecule has 2 rings (SSSR count). The molecule has 1 aromatic rings. The SMILES string of the molecule is Cc1cc(C)c(C(CN)N(C)C2CCCC2)c(C)c1. The second-order valence-corrected chi connectivity index (χ2v) is 6.17. The molecule has 0 aliphatic heterocycles. The molecule has 2 N–H and O–H groups in total. The Hall–Kier alpha value is -0.860. The molecule has 0 spiro atoms. The normalized spacial score (nSPS) is 18.2. The lowest BCUT2D eigenvalue weighted by molar-refractivity contribution is 0.178.